The van der Waals surface area contributed by atoms with Crippen molar-refractivity contribution in [3.8, 4) is 6.07 Å². The monoisotopic (exact) mass is 299 g/mol. The highest BCUT2D eigenvalue weighted by Gasteiger charge is 2.11. The number of hydrogen-bond donors (Lipinski definition) is 1. The molecule has 0 radical (unpaired) electrons. The number of nitrogens with one attached hydrogen (secondary N) is 1. The van der Waals surface area contributed by atoms with Crippen molar-refractivity contribution < 1.29 is 4.39 Å². The van der Waals surface area contributed by atoms with Crippen molar-refractivity contribution in [1.29, 1.82) is 5.26 Å². The number of aromatic nitrogens is 3. The van der Waals surface area contributed by atoms with E-state index in [1.54, 1.807) is 24.3 Å². The Morgan fingerprint density at radius 2 is 2.05 bits per heavy atom. The molecule has 2 heterocycles. The van der Waals surface area contributed by atoms with Crippen molar-refractivity contribution in [2.75, 3.05) is 5.32 Å². The van der Waals surface area contributed by atoms with Gasteiger partial charge in [-0.3, -0.25) is 0 Å². The van der Waals surface area contributed by atoms with E-state index < -0.39 is 5.82 Å². The fraction of sp³-hybridized carbons (Fsp3) is 0. The fourth-order valence-electron chi connectivity index (χ4n) is 1.85. The summed E-state index contributed by atoms with van der Waals surface area (Å²) in [6.07, 6.45) is 1.34. The highest BCUT2D eigenvalue weighted by Crippen LogP contribution is 2.25. The summed E-state index contributed by atoms with van der Waals surface area (Å²) in [5, 5.41) is 11.9. The molecule has 0 fully saturated rings. The van der Waals surface area contributed by atoms with Gasteiger partial charge in [-0.2, -0.15) is 5.26 Å². The normalized spacial score (nSPS) is 10.3. The SMILES string of the molecule is N#Cc1cccc(Nc2ncnc3ccc(Cl)nc23)c1F. The summed E-state index contributed by atoms with van der Waals surface area (Å²) >= 11 is 5.86. The van der Waals surface area contributed by atoms with Gasteiger partial charge in [-0.1, -0.05) is 17.7 Å². The Balaban J connectivity index is 2.11. The van der Waals surface area contributed by atoms with Crippen LogP contribution in [0.3, 0.4) is 0 Å². The number of pyridine rings is 1. The molecule has 2 aromatic heterocycles. The molecule has 1 N–H and O–H groups in total. The van der Waals surface area contributed by atoms with E-state index in [-0.39, 0.29) is 16.4 Å². The Hall–Kier alpha value is -2.78. The van der Waals surface area contributed by atoms with Gasteiger partial charge in [0, 0.05) is 0 Å². The van der Waals surface area contributed by atoms with Crippen molar-refractivity contribution in [3.63, 3.8) is 0 Å². The standard InChI is InChI=1S/C14H7ClFN5/c15-11-5-4-10-13(21-11)14(19-7-18-10)20-9-3-1-2-8(6-17)12(9)16/h1-5,7H,(H,18,19,20). The van der Waals surface area contributed by atoms with E-state index in [0.717, 1.165) is 0 Å². The highest BCUT2D eigenvalue weighted by molar-refractivity contribution is 6.29. The van der Waals surface area contributed by atoms with Gasteiger partial charge in [0.1, 0.15) is 23.1 Å². The molecule has 0 saturated heterocycles. The van der Waals surface area contributed by atoms with Gasteiger partial charge in [0.2, 0.25) is 0 Å². The number of nitriles is 1. The third-order valence-electron chi connectivity index (χ3n) is 2.82. The lowest BCUT2D eigenvalue weighted by Crippen LogP contribution is -2.00. The fourth-order valence-corrected chi connectivity index (χ4v) is 2.00. The smallest absolute Gasteiger partial charge is 0.164 e. The summed E-state index contributed by atoms with van der Waals surface area (Å²) in [5.74, 6) is -0.328. The van der Waals surface area contributed by atoms with Crippen LogP contribution in [0, 0.1) is 17.1 Å². The molecule has 0 saturated carbocycles. The van der Waals surface area contributed by atoms with Crippen LogP contribution in [0.15, 0.2) is 36.7 Å². The molecule has 5 nitrogen and oxygen atoms in total. The van der Waals surface area contributed by atoms with Crippen molar-refractivity contribution >= 4 is 34.1 Å². The van der Waals surface area contributed by atoms with Gasteiger partial charge in [0.15, 0.2) is 11.6 Å². The third kappa shape index (κ3) is 2.47. The second-order valence-electron chi connectivity index (χ2n) is 4.13. The molecule has 21 heavy (non-hydrogen) atoms. The maximum Gasteiger partial charge on any atom is 0.164 e. The summed E-state index contributed by atoms with van der Waals surface area (Å²) in [7, 11) is 0. The molecule has 3 aromatic rings. The molecule has 0 spiro atoms. The average Bonchev–Trinajstić information content (AvgIpc) is 2.50. The first kappa shape index (κ1) is 13.2. The van der Waals surface area contributed by atoms with Gasteiger partial charge in [-0.05, 0) is 24.3 Å². The first-order valence-electron chi connectivity index (χ1n) is 5.92. The minimum Gasteiger partial charge on any atom is -0.336 e. The number of halogens is 2. The molecule has 0 atom stereocenters. The van der Waals surface area contributed by atoms with E-state index >= 15 is 0 Å². The van der Waals surface area contributed by atoms with Gasteiger partial charge in [-0.25, -0.2) is 19.3 Å². The van der Waals surface area contributed by atoms with Crippen LogP contribution in [-0.4, -0.2) is 15.0 Å². The van der Waals surface area contributed by atoms with Gasteiger partial charge >= 0.3 is 0 Å². The molecular formula is C14H7ClFN5. The van der Waals surface area contributed by atoms with Crippen LogP contribution in [-0.2, 0) is 0 Å². The Bertz CT molecular complexity index is 875. The highest BCUT2D eigenvalue weighted by atomic mass is 35.5. The number of hydrogen-bond acceptors (Lipinski definition) is 5. The molecule has 0 amide bonds. The van der Waals surface area contributed by atoms with Crippen LogP contribution in [0.2, 0.25) is 5.15 Å². The van der Waals surface area contributed by atoms with Crippen LogP contribution in [0.1, 0.15) is 5.56 Å². The quantitative estimate of drug-likeness (QED) is 0.734. The van der Waals surface area contributed by atoms with Crippen LogP contribution in [0.5, 0.6) is 0 Å². The molecule has 0 aliphatic heterocycles. The van der Waals surface area contributed by atoms with Crippen LogP contribution in [0.25, 0.3) is 11.0 Å². The molecule has 1 aromatic carbocycles. The van der Waals surface area contributed by atoms with Gasteiger partial charge in [0.05, 0.1) is 16.8 Å². The van der Waals surface area contributed by atoms with E-state index in [9.17, 15) is 4.39 Å². The second-order valence-corrected chi connectivity index (χ2v) is 4.52. The Kier molecular flexibility index (Phi) is 3.34. The Morgan fingerprint density at radius 3 is 2.86 bits per heavy atom. The first-order chi connectivity index (χ1) is 10.2. The third-order valence-corrected chi connectivity index (χ3v) is 3.03. The van der Waals surface area contributed by atoms with E-state index in [2.05, 4.69) is 20.3 Å². The minimum absolute atomic E-state index is 0.0515. The van der Waals surface area contributed by atoms with Crippen molar-refractivity contribution in [3.05, 3.63) is 53.2 Å². The number of fused-ring (bicyclic) bond motifs is 1. The Morgan fingerprint density at radius 1 is 1.19 bits per heavy atom. The lowest BCUT2D eigenvalue weighted by molar-refractivity contribution is 0.628. The molecular weight excluding hydrogens is 293 g/mol. The van der Waals surface area contributed by atoms with Gasteiger partial charge in [-0.15, -0.1) is 0 Å². The lowest BCUT2D eigenvalue weighted by atomic mass is 10.2. The van der Waals surface area contributed by atoms with E-state index in [0.29, 0.717) is 16.9 Å². The molecule has 7 heteroatoms. The summed E-state index contributed by atoms with van der Waals surface area (Å²) in [6, 6.07) is 9.57. The number of nitrogens with zero attached hydrogens (tertiary/aromatic N) is 4. The van der Waals surface area contributed by atoms with E-state index in [1.165, 1.54) is 18.5 Å². The van der Waals surface area contributed by atoms with E-state index in [4.69, 9.17) is 16.9 Å². The van der Waals surface area contributed by atoms with Crippen LogP contribution >= 0.6 is 11.6 Å². The number of anilines is 2. The minimum atomic E-state index is -0.645. The molecule has 0 unspecified atom stereocenters. The number of rotatable bonds is 2. The predicted molar refractivity (Wildman–Crippen MR) is 76.7 cm³/mol. The zero-order chi connectivity index (χ0) is 14.8. The largest absolute Gasteiger partial charge is 0.336 e. The lowest BCUT2D eigenvalue weighted by Gasteiger charge is -2.09. The zero-order valence-corrected chi connectivity index (χ0v) is 11.3. The molecule has 102 valence electrons. The van der Waals surface area contributed by atoms with Gasteiger partial charge in [0.25, 0.3) is 0 Å². The topological polar surface area (TPSA) is 74.5 Å². The number of benzene rings is 1. The zero-order valence-electron chi connectivity index (χ0n) is 10.5. The maximum absolute atomic E-state index is 14.1. The summed E-state index contributed by atoms with van der Waals surface area (Å²) < 4.78 is 14.1. The second kappa shape index (κ2) is 5.31. The van der Waals surface area contributed by atoms with Crippen molar-refractivity contribution in [2.45, 2.75) is 0 Å². The summed E-state index contributed by atoms with van der Waals surface area (Å²) in [5.41, 5.74) is 1.08. The maximum atomic E-state index is 14.1. The first-order valence-corrected chi connectivity index (χ1v) is 6.30. The predicted octanol–water partition coefficient (Wildman–Crippen LogP) is 3.43. The van der Waals surface area contributed by atoms with Crippen LogP contribution in [0.4, 0.5) is 15.9 Å². The summed E-state index contributed by atoms with van der Waals surface area (Å²) in [6.45, 7) is 0. The van der Waals surface area contributed by atoms with Crippen LogP contribution < -0.4 is 5.32 Å². The Labute approximate surface area is 124 Å². The molecule has 0 aliphatic carbocycles. The molecule has 0 aliphatic rings. The van der Waals surface area contributed by atoms with E-state index in [1.807, 2.05) is 0 Å². The summed E-state index contributed by atoms with van der Waals surface area (Å²) in [4.78, 5) is 12.2. The van der Waals surface area contributed by atoms with Crippen molar-refractivity contribution in [1.82, 2.24) is 15.0 Å². The van der Waals surface area contributed by atoms with Crippen molar-refractivity contribution in [2.24, 2.45) is 0 Å². The molecule has 3 rings (SSSR count). The molecule has 0 bridgehead atoms. The average molecular weight is 300 g/mol. The van der Waals surface area contributed by atoms with Gasteiger partial charge < -0.3 is 5.32 Å².